The Hall–Kier alpha value is -1.47. The molecule has 2 N–H and O–H groups in total. The van der Waals surface area contributed by atoms with E-state index in [-0.39, 0.29) is 0 Å². The topological polar surface area (TPSA) is 69.7 Å². The van der Waals surface area contributed by atoms with Crippen molar-refractivity contribution < 1.29 is 0 Å². The highest BCUT2D eigenvalue weighted by Crippen LogP contribution is 2.27. The first-order valence-electron chi connectivity index (χ1n) is 5.21. The molecule has 0 radical (unpaired) electrons. The Kier molecular flexibility index (Phi) is 2.55. The average Bonchev–Trinajstić information content (AvgIpc) is 3.01. The summed E-state index contributed by atoms with van der Waals surface area (Å²) in [6, 6.07) is 0. The van der Waals surface area contributed by atoms with Gasteiger partial charge in [-0.25, -0.2) is 4.98 Å². The van der Waals surface area contributed by atoms with E-state index >= 15 is 0 Å². The number of aromatic amines is 1. The number of thiazole rings is 1. The zero-order chi connectivity index (χ0) is 10.8. The molecule has 1 saturated heterocycles. The third-order valence-corrected chi connectivity index (χ3v) is 3.36. The normalized spacial score (nSPS) is 16.6. The Morgan fingerprint density at radius 3 is 2.88 bits per heavy atom. The third kappa shape index (κ3) is 1.68. The first kappa shape index (κ1) is 9.73. The molecule has 2 aromatic heterocycles. The summed E-state index contributed by atoms with van der Waals surface area (Å²) in [5.41, 5.74) is 0.858. The van der Waals surface area contributed by atoms with Crippen LogP contribution in [0.5, 0.6) is 0 Å². The monoisotopic (exact) mass is 236 g/mol. The molecule has 0 atom stereocenters. The van der Waals surface area contributed by atoms with E-state index in [1.807, 2.05) is 5.38 Å². The van der Waals surface area contributed by atoms with Crippen LogP contribution < -0.4 is 10.2 Å². The first-order valence-corrected chi connectivity index (χ1v) is 6.09. The van der Waals surface area contributed by atoms with E-state index in [0.29, 0.717) is 0 Å². The summed E-state index contributed by atoms with van der Waals surface area (Å²) < 4.78 is 0. The molecule has 7 heteroatoms. The van der Waals surface area contributed by atoms with E-state index < -0.39 is 0 Å². The van der Waals surface area contributed by atoms with E-state index in [4.69, 9.17) is 0 Å². The van der Waals surface area contributed by atoms with Gasteiger partial charge in [-0.1, -0.05) is 0 Å². The minimum atomic E-state index is 0.858. The fraction of sp³-hybridized carbons (Fsp3) is 0.444. The van der Waals surface area contributed by atoms with Gasteiger partial charge in [0.2, 0.25) is 0 Å². The molecule has 0 amide bonds. The van der Waals surface area contributed by atoms with Crippen LogP contribution in [0.15, 0.2) is 11.6 Å². The Bertz CT molecular complexity index is 444. The number of nitrogens with zero attached hydrogens (tertiary/aromatic N) is 4. The van der Waals surface area contributed by atoms with Gasteiger partial charge in [-0.3, -0.25) is 0 Å². The molecule has 1 aliphatic heterocycles. The second kappa shape index (κ2) is 4.18. The molecule has 16 heavy (non-hydrogen) atoms. The molecule has 6 nitrogen and oxygen atoms in total. The lowest BCUT2D eigenvalue weighted by atomic mass is 10.3. The van der Waals surface area contributed by atoms with Crippen LogP contribution in [0.3, 0.4) is 0 Å². The summed E-state index contributed by atoms with van der Waals surface area (Å²) in [7, 11) is 0. The molecule has 0 aromatic carbocycles. The minimum absolute atomic E-state index is 0.858. The fourth-order valence-electron chi connectivity index (χ4n) is 1.81. The molecule has 1 fully saturated rings. The van der Waals surface area contributed by atoms with Crippen molar-refractivity contribution in [2.45, 2.75) is 0 Å². The zero-order valence-corrected chi connectivity index (χ0v) is 9.50. The number of rotatable bonds is 2. The van der Waals surface area contributed by atoms with Crippen LogP contribution in [0.25, 0.3) is 10.7 Å². The van der Waals surface area contributed by atoms with Crippen molar-refractivity contribution in [3.05, 3.63) is 11.6 Å². The Morgan fingerprint density at radius 1 is 1.25 bits per heavy atom. The average molecular weight is 236 g/mol. The van der Waals surface area contributed by atoms with Gasteiger partial charge in [0.05, 0.1) is 0 Å². The van der Waals surface area contributed by atoms with Gasteiger partial charge in [0.15, 0.2) is 11.5 Å². The van der Waals surface area contributed by atoms with Gasteiger partial charge in [0, 0.05) is 37.8 Å². The number of piperazine rings is 1. The molecule has 0 saturated carbocycles. The fourth-order valence-corrected chi connectivity index (χ4v) is 2.43. The molecule has 3 rings (SSSR count). The van der Waals surface area contributed by atoms with Crippen LogP contribution in [0.1, 0.15) is 0 Å². The lowest BCUT2D eigenvalue weighted by Crippen LogP contribution is -2.43. The summed E-state index contributed by atoms with van der Waals surface area (Å²) in [5.74, 6) is 0.913. The number of hydrogen-bond donors (Lipinski definition) is 2. The van der Waals surface area contributed by atoms with E-state index in [1.54, 1.807) is 17.5 Å². The van der Waals surface area contributed by atoms with Gasteiger partial charge in [0.1, 0.15) is 5.01 Å². The number of anilines is 1. The van der Waals surface area contributed by atoms with E-state index in [0.717, 1.165) is 42.7 Å². The highest BCUT2D eigenvalue weighted by Gasteiger charge is 2.20. The Balaban J connectivity index is 1.92. The molecule has 2 aromatic rings. The summed E-state index contributed by atoms with van der Waals surface area (Å²) in [6.07, 6.45) is 1.79. The van der Waals surface area contributed by atoms with Gasteiger partial charge in [-0.2, -0.15) is 10.3 Å². The second-order valence-electron chi connectivity index (χ2n) is 3.57. The summed E-state index contributed by atoms with van der Waals surface area (Å²) >= 11 is 1.58. The lowest BCUT2D eigenvalue weighted by Gasteiger charge is -2.27. The quantitative estimate of drug-likeness (QED) is 0.787. The Labute approximate surface area is 96.7 Å². The van der Waals surface area contributed by atoms with Crippen LogP contribution in [-0.4, -0.2) is 46.6 Å². The zero-order valence-electron chi connectivity index (χ0n) is 8.68. The van der Waals surface area contributed by atoms with E-state index in [9.17, 15) is 0 Å². The van der Waals surface area contributed by atoms with Crippen molar-refractivity contribution >= 4 is 17.2 Å². The van der Waals surface area contributed by atoms with Crippen molar-refractivity contribution in [1.82, 2.24) is 25.7 Å². The predicted octanol–water partition coefficient (Wildman–Crippen LogP) is 0.338. The number of hydrogen-bond acceptors (Lipinski definition) is 6. The van der Waals surface area contributed by atoms with Gasteiger partial charge < -0.3 is 10.2 Å². The molecule has 0 spiro atoms. The summed E-state index contributed by atoms with van der Waals surface area (Å²) in [6.45, 7) is 3.91. The second-order valence-corrected chi connectivity index (χ2v) is 4.46. The molecule has 3 heterocycles. The maximum Gasteiger partial charge on any atom is 0.181 e. The van der Waals surface area contributed by atoms with Gasteiger partial charge in [-0.05, 0) is 0 Å². The minimum Gasteiger partial charge on any atom is -0.351 e. The molecular formula is C9H12N6S. The Morgan fingerprint density at radius 2 is 2.12 bits per heavy atom. The molecule has 0 aliphatic carbocycles. The standard InChI is InChI=1S/C9H12N6S/c1-4-15(5-2-10-1)8-7(12-14-13-8)9-11-3-6-16-9/h3,6,10H,1-2,4-5H2,(H,12,13,14). The van der Waals surface area contributed by atoms with Crippen molar-refractivity contribution in [3.63, 3.8) is 0 Å². The van der Waals surface area contributed by atoms with Crippen molar-refractivity contribution in [1.29, 1.82) is 0 Å². The molecule has 0 bridgehead atoms. The number of nitrogens with one attached hydrogen (secondary N) is 2. The van der Waals surface area contributed by atoms with Crippen LogP contribution in [0.2, 0.25) is 0 Å². The van der Waals surface area contributed by atoms with Crippen LogP contribution in [0.4, 0.5) is 5.82 Å². The SMILES string of the molecule is c1csc(-c2n[nH]nc2N2CCNCC2)n1. The maximum absolute atomic E-state index is 4.27. The maximum atomic E-state index is 4.27. The molecular weight excluding hydrogens is 224 g/mol. The van der Waals surface area contributed by atoms with Crippen molar-refractivity contribution in [2.24, 2.45) is 0 Å². The van der Waals surface area contributed by atoms with Crippen LogP contribution in [0, 0.1) is 0 Å². The smallest absolute Gasteiger partial charge is 0.181 e. The van der Waals surface area contributed by atoms with Crippen LogP contribution in [-0.2, 0) is 0 Å². The molecule has 1 aliphatic rings. The van der Waals surface area contributed by atoms with Gasteiger partial charge in [0.25, 0.3) is 0 Å². The first-order chi connectivity index (χ1) is 7.95. The van der Waals surface area contributed by atoms with Gasteiger partial charge in [-0.15, -0.1) is 16.4 Å². The molecule has 84 valence electrons. The highest BCUT2D eigenvalue weighted by atomic mass is 32.1. The third-order valence-electron chi connectivity index (χ3n) is 2.58. The number of H-pyrrole nitrogens is 1. The van der Waals surface area contributed by atoms with Gasteiger partial charge >= 0.3 is 0 Å². The number of aromatic nitrogens is 4. The van der Waals surface area contributed by atoms with Crippen molar-refractivity contribution in [2.75, 3.05) is 31.1 Å². The van der Waals surface area contributed by atoms with Crippen molar-refractivity contribution in [3.8, 4) is 10.7 Å². The lowest BCUT2D eigenvalue weighted by molar-refractivity contribution is 0.585. The van der Waals surface area contributed by atoms with E-state index in [2.05, 4.69) is 30.6 Å². The van der Waals surface area contributed by atoms with Crippen LogP contribution >= 0.6 is 11.3 Å². The summed E-state index contributed by atoms with van der Waals surface area (Å²) in [4.78, 5) is 6.50. The molecule has 0 unspecified atom stereocenters. The van der Waals surface area contributed by atoms with E-state index in [1.165, 1.54) is 0 Å². The highest BCUT2D eigenvalue weighted by molar-refractivity contribution is 7.13. The largest absolute Gasteiger partial charge is 0.351 e. The predicted molar refractivity (Wildman–Crippen MR) is 62.6 cm³/mol. The summed E-state index contributed by atoms with van der Waals surface area (Å²) in [5, 5.41) is 17.3.